The molecule has 2 aromatic carbocycles. The van der Waals surface area contributed by atoms with Gasteiger partial charge in [-0.2, -0.15) is 8.42 Å². The molecule has 0 aliphatic carbocycles. The van der Waals surface area contributed by atoms with E-state index in [1.807, 2.05) is 0 Å². The molecule has 0 radical (unpaired) electrons. The van der Waals surface area contributed by atoms with Gasteiger partial charge in [-0.1, -0.05) is 11.6 Å². The first-order valence-corrected chi connectivity index (χ1v) is 6.81. The van der Waals surface area contributed by atoms with Crippen LogP contribution in [-0.2, 0) is 10.1 Å². The molecule has 0 aliphatic rings. The van der Waals surface area contributed by atoms with Crippen molar-refractivity contribution in [3.05, 3.63) is 53.6 Å². The van der Waals surface area contributed by atoms with E-state index in [2.05, 4.69) is 0 Å². The summed E-state index contributed by atoms with van der Waals surface area (Å²) in [5.74, 6) is 0.205. The SMILES string of the molecule is Nc1ccc(S(=O)(=O)Oc2ccc(Cl)cc2)cc1. The fourth-order valence-electron chi connectivity index (χ4n) is 1.30. The van der Waals surface area contributed by atoms with E-state index in [-0.39, 0.29) is 10.6 Å². The lowest BCUT2D eigenvalue weighted by atomic mass is 10.3. The molecule has 0 aliphatic heterocycles. The molecule has 6 heteroatoms. The number of benzene rings is 2. The first-order chi connectivity index (χ1) is 8.47. The average Bonchev–Trinajstić information content (AvgIpc) is 2.32. The molecule has 2 rings (SSSR count). The summed E-state index contributed by atoms with van der Waals surface area (Å²) in [6, 6.07) is 11.8. The van der Waals surface area contributed by atoms with Crippen molar-refractivity contribution in [3.8, 4) is 5.75 Å². The van der Waals surface area contributed by atoms with Gasteiger partial charge in [0.2, 0.25) is 0 Å². The summed E-state index contributed by atoms with van der Waals surface area (Å²) in [5, 5.41) is 0.507. The third-order valence-electron chi connectivity index (χ3n) is 2.19. The molecular weight excluding hydrogens is 274 g/mol. The molecule has 2 N–H and O–H groups in total. The summed E-state index contributed by atoms with van der Waals surface area (Å²) in [5.41, 5.74) is 5.98. The number of anilines is 1. The first-order valence-electron chi connectivity index (χ1n) is 5.03. The van der Waals surface area contributed by atoms with E-state index in [1.54, 1.807) is 12.1 Å². The van der Waals surface area contributed by atoms with Gasteiger partial charge in [0.25, 0.3) is 0 Å². The quantitative estimate of drug-likeness (QED) is 0.694. The van der Waals surface area contributed by atoms with Crippen LogP contribution in [0.2, 0.25) is 5.02 Å². The normalized spacial score (nSPS) is 11.2. The maximum atomic E-state index is 11.9. The van der Waals surface area contributed by atoms with Crippen molar-refractivity contribution in [1.82, 2.24) is 0 Å². The van der Waals surface area contributed by atoms with Crippen LogP contribution in [-0.4, -0.2) is 8.42 Å². The highest BCUT2D eigenvalue weighted by molar-refractivity contribution is 7.87. The molecule has 2 aromatic rings. The standard InChI is InChI=1S/C12H10ClNO3S/c13-9-1-5-11(6-2-9)17-18(15,16)12-7-3-10(14)4-8-12/h1-8H,14H2. The van der Waals surface area contributed by atoms with E-state index in [9.17, 15) is 8.42 Å². The molecular formula is C12H10ClNO3S. The van der Waals surface area contributed by atoms with Crippen LogP contribution in [0, 0.1) is 0 Å². The van der Waals surface area contributed by atoms with Gasteiger partial charge in [-0.3, -0.25) is 0 Å². The minimum absolute atomic E-state index is 0.0478. The van der Waals surface area contributed by atoms with Crippen LogP contribution in [0.1, 0.15) is 0 Å². The Morgan fingerprint density at radius 2 is 1.50 bits per heavy atom. The maximum Gasteiger partial charge on any atom is 0.339 e. The first kappa shape index (κ1) is 12.7. The summed E-state index contributed by atoms with van der Waals surface area (Å²) in [6.45, 7) is 0. The van der Waals surface area contributed by atoms with Crippen molar-refractivity contribution >= 4 is 27.4 Å². The Kier molecular flexibility index (Phi) is 3.45. The van der Waals surface area contributed by atoms with Crippen LogP contribution < -0.4 is 9.92 Å². The second kappa shape index (κ2) is 4.88. The average molecular weight is 284 g/mol. The van der Waals surface area contributed by atoms with Gasteiger partial charge in [-0.25, -0.2) is 0 Å². The summed E-state index contributed by atoms with van der Waals surface area (Å²) in [7, 11) is -3.84. The topological polar surface area (TPSA) is 69.4 Å². The van der Waals surface area contributed by atoms with Gasteiger partial charge in [0, 0.05) is 10.7 Å². The monoisotopic (exact) mass is 283 g/mol. The van der Waals surface area contributed by atoms with E-state index in [0.717, 1.165) is 0 Å². The van der Waals surface area contributed by atoms with Crippen molar-refractivity contribution in [2.45, 2.75) is 4.90 Å². The van der Waals surface area contributed by atoms with Gasteiger partial charge < -0.3 is 9.92 Å². The molecule has 0 saturated heterocycles. The van der Waals surface area contributed by atoms with Gasteiger partial charge in [0.1, 0.15) is 10.6 Å². The summed E-state index contributed by atoms with van der Waals surface area (Å²) >= 11 is 5.70. The van der Waals surface area contributed by atoms with Crippen LogP contribution in [0.15, 0.2) is 53.4 Å². The van der Waals surface area contributed by atoms with E-state index < -0.39 is 10.1 Å². The van der Waals surface area contributed by atoms with Crippen molar-refractivity contribution in [2.75, 3.05) is 5.73 Å². The third-order valence-corrected chi connectivity index (χ3v) is 3.70. The summed E-state index contributed by atoms with van der Waals surface area (Å²) in [6.07, 6.45) is 0. The fraction of sp³-hybridized carbons (Fsp3) is 0. The lowest BCUT2D eigenvalue weighted by Crippen LogP contribution is -2.09. The largest absolute Gasteiger partial charge is 0.399 e. The molecule has 0 saturated carbocycles. The molecule has 0 fully saturated rings. The van der Waals surface area contributed by atoms with Gasteiger partial charge in [0.15, 0.2) is 0 Å². The van der Waals surface area contributed by atoms with E-state index in [1.165, 1.54) is 36.4 Å². The molecule has 4 nitrogen and oxygen atoms in total. The Morgan fingerprint density at radius 3 is 2.06 bits per heavy atom. The number of hydrogen-bond donors (Lipinski definition) is 1. The molecule has 0 bridgehead atoms. The van der Waals surface area contributed by atoms with E-state index in [0.29, 0.717) is 10.7 Å². The number of hydrogen-bond acceptors (Lipinski definition) is 4. The van der Waals surface area contributed by atoms with Crippen molar-refractivity contribution in [1.29, 1.82) is 0 Å². The lowest BCUT2D eigenvalue weighted by molar-refractivity contribution is 0.486. The second-order valence-corrected chi connectivity index (χ2v) is 5.54. The zero-order valence-electron chi connectivity index (χ0n) is 9.21. The summed E-state index contributed by atoms with van der Waals surface area (Å²) < 4.78 is 28.8. The Balaban J connectivity index is 2.27. The van der Waals surface area contributed by atoms with Gasteiger partial charge in [-0.15, -0.1) is 0 Å². The number of nitrogens with two attached hydrogens (primary N) is 1. The van der Waals surface area contributed by atoms with Crippen molar-refractivity contribution in [2.24, 2.45) is 0 Å². The van der Waals surface area contributed by atoms with Crippen LogP contribution in [0.3, 0.4) is 0 Å². The van der Waals surface area contributed by atoms with Gasteiger partial charge >= 0.3 is 10.1 Å². The van der Waals surface area contributed by atoms with Crippen molar-refractivity contribution < 1.29 is 12.6 Å². The number of halogens is 1. The Morgan fingerprint density at radius 1 is 0.944 bits per heavy atom. The maximum absolute atomic E-state index is 11.9. The van der Waals surface area contributed by atoms with Gasteiger partial charge in [0.05, 0.1) is 0 Å². The Hall–Kier alpha value is -1.72. The minimum Gasteiger partial charge on any atom is -0.399 e. The molecule has 0 atom stereocenters. The smallest absolute Gasteiger partial charge is 0.339 e. The van der Waals surface area contributed by atoms with Crippen LogP contribution in [0.25, 0.3) is 0 Å². The lowest BCUT2D eigenvalue weighted by Gasteiger charge is -2.07. The predicted molar refractivity (Wildman–Crippen MR) is 70.1 cm³/mol. The zero-order chi connectivity index (χ0) is 13.2. The van der Waals surface area contributed by atoms with Crippen molar-refractivity contribution in [3.63, 3.8) is 0 Å². The van der Waals surface area contributed by atoms with Crippen LogP contribution in [0.4, 0.5) is 5.69 Å². The second-order valence-electron chi connectivity index (χ2n) is 3.56. The highest BCUT2D eigenvalue weighted by Crippen LogP contribution is 2.21. The molecule has 94 valence electrons. The molecule has 0 heterocycles. The van der Waals surface area contributed by atoms with Crippen LogP contribution in [0.5, 0.6) is 5.75 Å². The Labute approximate surface area is 110 Å². The van der Waals surface area contributed by atoms with E-state index >= 15 is 0 Å². The Bertz CT molecular complexity index is 636. The van der Waals surface area contributed by atoms with E-state index in [4.69, 9.17) is 21.5 Å². The van der Waals surface area contributed by atoms with Gasteiger partial charge in [-0.05, 0) is 48.5 Å². The molecule has 18 heavy (non-hydrogen) atoms. The summed E-state index contributed by atoms with van der Waals surface area (Å²) in [4.78, 5) is 0.0478. The predicted octanol–water partition coefficient (Wildman–Crippen LogP) is 2.69. The number of rotatable bonds is 3. The highest BCUT2D eigenvalue weighted by atomic mass is 35.5. The third kappa shape index (κ3) is 2.94. The highest BCUT2D eigenvalue weighted by Gasteiger charge is 2.16. The minimum atomic E-state index is -3.84. The van der Waals surface area contributed by atoms with Crippen LogP contribution >= 0.6 is 11.6 Å². The zero-order valence-corrected chi connectivity index (χ0v) is 10.8. The molecule has 0 spiro atoms. The molecule has 0 unspecified atom stereocenters. The number of nitrogen functional groups attached to an aromatic ring is 1. The fourth-order valence-corrected chi connectivity index (χ4v) is 2.36. The molecule has 0 amide bonds. The molecule has 0 aromatic heterocycles.